The molecular formula is C15H23N3O. The molecule has 0 fully saturated rings. The zero-order valence-corrected chi connectivity index (χ0v) is 11.6. The second-order valence-electron chi connectivity index (χ2n) is 5.03. The largest absolute Gasteiger partial charge is 0.385 e. The second-order valence-corrected chi connectivity index (χ2v) is 5.03. The zero-order valence-electron chi connectivity index (χ0n) is 11.6. The minimum atomic E-state index is -0.150. The Labute approximate surface area is 113 Å². The van der Waals surface area contributed by atoms with E-state index in [1.807, 2.05) is 18.2 Å². The smallest absolute Gasteiger partial charge is 0.323 e. The van der Waals surface area contributed by atoms with Crippen LogP contribution >= 0.6 is 0 Å². The van der Waals surface area contributed by atoms with Crippen LogP contribution < -0.4 is 11.0 Å². The summed E-state index contributed by atoms with van der Waals surface area (Å²) in [6.07, 6.45) is 7.83. The number of benzene rings is 1. The molecule has 0 saturated heterocycles. The summed E-state index contributed by atoms with van der Waals surface area (Å²) in [6, 6.07) is 5.91. The summed E-state index contributed by atoms with van der Waals surface area (Å²) in [6.45, 7) is 3.23. The molecule has 19 heavy (non-hydrogen) atoms. The van der Waals surface area contributed by atoms with Gasteiger partial charge in [-0.05, 0) is 24.6 Å². The second kappa shape index (κ2) is 7.02. The Bertz CT molecular complexity index is 556. The number of rotatable bonds is 8. The Hall–Kier alpha value is -1.71. The van der Waals surface area contributed by atoms with Gasteiger partial charge < -0.3 is 15.3 Å². The van der Waals surface area contributed by atoms with E-state index in [0.29, 0.717) is 0 Å². The lowest BCUT2D eigenvalue weighted by Crippen LogP contribution is -2.01. The number of unbranched alkanes of at least 4 members (excludes halogenated alkanes) is 5. The lowest BCUT2D eigenvalue weighted by molar-refractivity contribution is 0.617. The molecule has 0 saturated carbocycles. The summed E-state index contributed by atoms with van der Waals surface area (Å²) >= 11 is 0. The molecule has 4 heteroatoms. The standard InChI is InChI=1S/C15H23N3O/c1-2-3-4-5-6-7-10-16-12-8-9-13-14(11-12)18-15(19)17-13/h8-9,11,16H,2-7,10H2,1H3,(H2,17,18,19). The van der Waals surface area contributed by atoms with Gasteiger partial charge in [-0.25, -0.2) is 4.79 Å². The van der Waals surface area contributed by atoms with Gasteiger partial charge in [-0.2, -0.15) is 0 Å². The first-order chi connectivity index (χ1) is 9.29. The van der Waals surface area contributed by atoms with Gasteiger partial charge in [-0.3, -0.25) is 0 Å². The van der Waals surface area contributed by atoms with Crippen LogP contribution in [0.1, 0.15) is 45.4 Å². The molecule has 0 radical (unpaired) electrons. The van der Waals surface area contributed by atoms with Crippen molar-refractivity contribution < 1.29 is 0 Å². The molecular weight excluding hydrogens is 238 g/mol. The number of anilines is 1. The Morgan fingerprint density at radius 3 is 2.58 bits per heavy atom. The molecule has 2 rings (SSSR count). The van der Waals surface area contributed by atoms with Gasteiger partial charge in [0, 0.05) is 12.2 Å². The number of nitrogens with one attached hydrogen (secondary N) is 3. The van der Waals surface area contributed by atoms with Crippen LogP contribution in [-0.2, 0) is 0 Å². The molecule has 2 aromatic rings. The summed E-state index contributed by atoms with van der Waals surface area (Å²) in [5, 5.41) is 3.40. The average Bonchev–Trinajstić information content (AvgIpc) is 2.77. The summed E-state index contributed by atoms with van der Waals surface area (Å²) in [5.74, 6) is 0. The lowest BCUT2D eigenvalue weighted by atomic mass is 10.1. The van der Waals surface area contributed by atoms with Gasteiger partial charge in [0.05, 0.1) is 11.0 Å². The van der Waals surface area contributed by atoms with Gasteiger partial charge in [0.1, 0.15) is 0 Å². The third-order valence-corrected chi connectivity index (χ3v) is 3.38. The Morgan fingerprint density at radius 2 is 1.74 bits per heavy atom. The third-order valence-electron chi connectivity index (χ3n) is 3.38. The molecule has 0 spiro atoms. The molecule has 0 aliphatic carbocycles. The number of hydrogen-bond donors (Lipinski definition) is 3. The predicted molar refractivity (Wildman–Crippen MR) is 80.8 cm³/mol. The first kappa shape index (κ1) is 13.7. The summed E-state index contributed by atoms with van der Waals surface area (Å²) in [4.78, 5) is 16.7. The van der Waals surface area contributed by atoms with Gasteiger partial charge >= 0.3 is 5.69 Å². The molecule has 1 aromatic heterocycles. The topological polar surface area (TPSA) is 60.7 Å². The maximum Gasteiger partial charge on any atom is 0.323 e. The van der Waals surface area contributed by atoms with Crippen LogP contribution in [-0.4, -0.2) is 16.5 Å². The van der Waals surface area contributed by atoms with Crippen molar-refractivity contribution in [2.45, 2.75) is 45.4 Å². The highest BCUT2D eigenvalue weighted by Crippen LogP contribution is 2.14. The van der Waals surface area contributed by atoms with E-state index in [9.17, 15) is 4.79 Å². The predicted octanol–water partition coefficient (Wildman–Crippen LogP) is 3.63. The zero-order chi connectivity index (χ0) is 13.5. The van der Waals surface area contributed by atoms with Crippen molar-refractivity contribution in [2.24, 2.45) is 0 Å². The third kappa shape index (κ3) is 4.16. The molecule has 0 amide bonds. The number of fused-ring (bicyclic) bond motifs is 1. The fraction of sp³-hybridized carbons (Fsp3) is 0.533. The molecule has 1 aromatic carbocycles. The number of aromatic amines is 2. The maximum atomic E-state index is 11.2. The van der Waals surface area contributed by atoms with Crippen molar-refractivity contribution in [3.05, 3.63) is 28.7 Å². The number of aromatic nitrogens is 2. The Kier molecular flexibility index (Phi) is 5.07. The van der Waals surface area contributed by atoms with Crippen LogP contribution in [0.4, 0.5) is 5.69 Å². The van der Waals surface area contributed by atoms with Crippen molar-refractivity contribution in [2.75, 3.05) is 11.9 Å². The first-order valence-electron chi connectivity index (χ1n) is 7.25. The van der Waals surface area contributed by atoms with E-state index >= 15 is 0 Å². The average molecular weight is 261 g/mol. The highest BCUT2D eigenvalue weighted by atomic mass is 16.1. The van der Waals surface area contributed by atoms with Crippen LogP contribution in [0.3, 0.4) is 0 Å². The van der Waals surface area contributed by atoms with Crippen molar-refractivity contribution in [3.8, 4) is 0 Å². The van der Waals surface area contributed by atoms with E-state index in [-0.39, 0.29) is 5.69 Å². The van der Waals surface area contributed by atoms with Gasteiger partial charge in [0.15, 0.2) is 0 Å². The number of imidazole rings is 1. The highest BCUT2D eigenvalue weighted by Gasteiger charge is 1.99. The molecule has 0 unspecified atom stereocenters. The number of hydrogen-bond acceptors (Lipinski definition) is 2. The summed E-state index contributed by atoms with van der Waals surface area (Å²) < 4.78 is 0. The van der Waals surface area contributed by atoms with Crippen molar-refractivity contribution in [1.82, 2.24) is 9.97 Å². The van der Waals surface area contributed by atoms with Crippen LogP contribution in [0.5, 0.6) is 0 Å². The van der Waals surface area contributed by atoms with Gasteiger partial charge in [-0.1, -0.05) is 39.0 Å². The van der Waals surface area contributed by atoms with Crippen molar-refractivity contribution >= 4 is 16.7 Å². The van der Waals surface area contributed by atoms with E-state index in [1.54, 1.807) is 0 Å². The van der Waals surface area contributed by atoms with Crippen molar-refractivity contribution in [1.29, 1.82) is 0 Å². The highest BCUT2D eigenvalue weighted by molar-refractivity contribution is 5.78. The van der Waals surface area contributed by atoms with Gasteiger partial charge in [0.25, 0.3) is 0 Å². The minimum absolute atomic E-state index is 0.150. The van der Waals surface area contributed by atoms with Crippen molar-refractivity contribution in [3.63, 3.8) is 0 Å². The fourth-order valence-corrected chi connectivity index (χ4v) is 2.28. The van der Waals surface area contributed by atoms with E-state index in [1.165, 1.54) is 38.5 Å². The maximum absolute atomic E-state index is 11.2. The SMILES string of the molecule is CCCCCCCCNc1ccc2[nH]c(=O)[nH]c2c1. The molecule has 0 aliphatic rings. The van der Waals surface area contributed by atoms with E-state index in [0.717, 1.165) is 23.3 Å². The van der Waals surface area contributed by atoms with E-state index < -0.39 is 0 Å². The quantitative estimate of drug-likeness (QED) is 0.635. The van der Waals surface area contributed by atoms with Gasteiger partial charge in [0.2, 0.25) is 0 Å². The van der Waals surface area contributed by atoms with E-state index in [2.05, 4.69) is 22.2 Å². The van der Waals surface area contributed by atoms with Gasteiger partial charge in [-0.15, -0.1) is 0 Å². The molecule has 3 N–H and O–H groups in total. The first-order valence-corrected chi connectivity index (χ1v) is 7.25. The van der Waals surface area contributed by atoms with Crippen LogP contribution in [0.25, 0.3) is 11.0 Å². The van der Waals surface area contributed by atoms with Crippen LogP contribution in [0.15, 0.2) is 23.0 Å². The van der Waals surface area contributed by atoms with Crippen LogP contribution in [0, 0.1) is 0 Å². The van der Waals surface area contributed by atoms with Crippen LogP contribution in [0.2, 0.25) is 0 Å². The fourth-order valence-electron chi connectivity index (χ4n) is 2.28. The molecule has 0 aliphatic heterocycles. The monoisotopic (exact) mass is 261 g/mol. The summed E-state index contributed by atoms with van der Waals surface area (Å²) in [5.41, 5.74) is 2.63. The molecule has 4 nitrogen and oxygen atoms in total. The lowest BCUT2D eigenvalue weighted by Gasteiger charge is -2.06. The Morgan fingerprint density at radius 1 is 1.00 bits per heavy atom. The minimum Gasteiger partial charge on any atom is -0.385 e. The normalized spacial score (nSPS) is 11.0. The molecule has 1 heterocycles. The Balaban J connectivity index is 1.74. The van der Waals surface area contributed by atoms with E-state index in [4.69, 9.17) is 0 Å². The molecule has 0 bridgehead atoms. The molecule has 104 valence electrons. The number of H-pyrrole nitrogens is 2. The molecule has 0 atom stereocenters. The summed E-state index contributed by atoms with van der Waals surface area (Å²) in [7, 11) is 0.